The van der Waals surface area contributed by atoms with E-state index in [1.807, 2.05) is 11.7 Å². The Morgan fingerprint density at radius 1 is 1.65 bits per heavy atom. The SMILES string of the molecule is CCc1nn(C)c(CNC2CNC(=O)C2)c1Br. The molecular weight excluding hydrogens is 284 g/mol. The molecule has 0 radical (unpaired) electrons. The average molecular weight is 301 g/mol. The molecule has 1 aliphatic heterocycles. The number of aryl methyl sites for hydroxylation is 2. The molecule has 2 rings (SSSR count). The lowest BCUT2D eigenvalue weighted by Crippen LogP contribution is -2.31. The van der Waals surface area contributed by atoms with Crippen LogP contribution < -0.4 is 10.6 Å². The summed E-state index contributed by atoms with van der Waals surface area (Å²) in [7, 11) is 1.94. The fourth-order valence-electron chi connectivity index (χ4n) is 2.00. The van der Waals surface area contributed by atoms with Gasteiger partial charge in [0.25, 0.3) is 0 Å². The molecule has 1 aromatic rings. The Labute approximate surface area is 109 Å². The number of amides is 1. The monoisotopic (exact) mass is 300 g/mol. The van der Waals surface area contributed by atoms with Gasteiger partial charge in [-0.2, -0.15) is 5.10 Å². The Kier molecular flexibility index (Phi) is 3.83. The van der Waals surface area contributed by atoms with Gasteiger partial charge in [-0.25, -0.2) is 0 Å². The summed E-state index contributed by atoms with van der Waals surface area (Å²) in [5.74, 6) is 0.126. The third-order valence-electron chi connectivity index (χ3n) is 3.04. The first-order chi connectivity index (χ1) is 8.11. The van der Waals surface area contributed by atoms with Crippen LogP contribution in [0.2, 0.25) is 0 Å². The molecule has 1 aromatic heterocycles. The second-order valence-corrected chi connectivity index (χ2v) is 5.06. The molecular formula is C11H17BrN4O. The number of nitrogens with one attached hydrogen (secondary N) is 2. The van der Waals surface area contributed by atoms with Gasteiger partial charge in [0.05, 0.1) is 15.9 Å². The summed E-state index contributed by atoms with van der Waals surface area (Å²) in [6.07, 6.45) is 1.48. The fraction of sp³-hybridized carbons (Fsp3) is 0.636. The van der Waals surface area contributed by atoms with Crippen molar-refractivity contribution >= 4 is 21.8 Å². The van der Waals surface area contributed by atoms with E-state index in [4.69, 9.17) is 0 Å². The van der Waals surface area contributed by atoms with Crippen molar-refractivity contribution in [1.82, 2.24) is 20.4 Å². The van der Waals surface area contributed by atoms with E-state index >= 15 is 0 Å². The summed E-state index contributed by atoms with van der Waals surface area (Å²) in [5.41, 5.74) is 2.20. The fourth-order valence-corrected chi connectivity index (χ4v) is 2.76. The lowest BCUT2D eigenvalue weighted by atomic mass is 10.2. The van der Waals surface area contributed by atoms with E-state index in [0.717, 1.165) is 35.4 Å². The highest BCUT2D eigenvalue weighted by molar-refractivity contribution is 9.10. The number of halogens is 1. The van der Waals surface area contributed by atoms with Crippen LogP contribution in [0, 0.1) is 0 Å². The summed E-state index contributed by atoms with van der Waals surface area (Å²) >= 11 is 3.58. The molecule has 1 atom stereocenters. The zero-order valence-electron chi connectivity index (χ0n) is 10.1. The van der Waals surface area contributed by atoms with E-state index in [1.165, 1.54) is 0 Å². The maximum Gasteiger partial charge on any atom is 0.221 e. The number of hydrogen-bond donors (Lipinski definition) is 2. The largest absolute Gasteiger partial charge is 0.354 e. The lowest BCUT2D eigenvalue weighted by Gasteiger charge is -2.10. The molecule has 1 amide bonds. The Morgan fingerprint density at radius 2 is 2.41 bits per heavy atom. The summed E-state index contributed by atoms with van der Waals surface area (Å²) in [6.45, 7) is 3.53. The first-order valence-electron chi connectivity index (χ1n) is 5.82. The molecule has 1 unspecified atom stereocenters. The molecule has 0 spiro atoms. The summed E-state index contributed by atoms with van der Waals surface area (Å²) in [5, 5.41) is 10.6. The van der Waals surface area contributed by atoms with Gasteiger partial charge in [-0.15, -0.1) is 0 Å². The molecule has 0 aromatic carbocycles. The summed E-state index contributed by atoms with van der Waals surface area (Å²) < 4.78 is 2.97. The van der Waals surface area contributed by atoms with E-state index in [-0.39, 0.29) is 11.9 Å². The van der Waals surface area contributed by atoms with Gasteiger partial charge in [0, 0.05) is 32.6 Å². The second-order valence-electron chi connectivity index (χ2n) is 4.27. The number of rotatable bonds is 4. The highest BCUT2D eigenvalue weighted by Gasteiger charge is 2.21. The Bertz CT molecular complexity index is 429. The smallest absolute Gasteiger partial charge is 0.221 e. The molecule has 0 bridgehead atoms. The van der Waals surface area contributed by atoms with Crippen molar-refractivity contribution in [3.8, 4) is 0 Å². The molecule has 6 heteroatoms. The normalized spacial score (nSPS) is 19.7. The third-order valence-corrected chi connectivity index (χ3v) is 3.95. The van der Waals surface area contributed by atoms with Crippen molar-refractivity contribution in [3.63, 3.8) is 0 Å². The molecule has 1 fully saturated rings. The van der Waals surface area contributed by atoms with Crippen LogP contribution in [-0.2, 0) is 24.8 Å². The maximum atomic E-state index is 11.1. The highest BCUT2D eigenvalue weighted by Crippen LogP contribution is 2.21. The van der Waals surface area contributed by atoms with Crippen LogP contribution in [0.5, 0.6) is 0 Å². The number of carbonyl (C=O) groups is 1. The van der Waals surface area contributed by atoms with Crippen molar-refractivity contribution < 1.29 is 4.79 Å². The third kappa shape index (κ3) is 2.69. The second kappa shape index (κ2) is 5.18. The first-order valence-corrected chi connectivity index (χ1v) is 6.61. The van der Waals surface area contributed by atoms with Crippen LogP contribution >= 0.6 is 15.9 Å². The zero-order chi connectivity index (χ0) is 12.4. The van der Waals surface area contributed by atoms with Gasteiger partial charge in [0.15, 0.2) is 0 Å². The van der Waals surface area contributed by atoms with Gasteiger partial charge in [-0.3, -0.25) is 9.48 Å². The minimum absolute atomic E-state index is 0.126. The molecule has 0 saturated carbocycles. The summed E-state index contributed by atoms with van der Waals surface area (Å²) in [6, 6.07) is 0.231. The topological polar surface area (TPSA) is 59.0 Å². The van der Waals surface area contributed by atoms with Gasteiger partial charge < -0.3 is 10.6 Å². The quantitative estimate of drug-likeness (QED) is 0.862. The van der Waals surface area contributed by atoms with Gasteiger partial charge >= 0.3 is 0 Å². The molecule has 1 saturated heterocycles. The molecule has 2 heterocycles. The number of aromatic nitrogens is 2. The molecule has 1 aliphatic rings. The van der Waals surface area contributed by atoms with Crippen LogP contribution in [0.15, 0.2) is 4.47 Å². The van der Waals surface area contributed by atoms with E-state index in [0.29, 0.717) is 6.42 Å². The van der Waals surface area contributed by atoms with Gasteiger partial charge in [0.1, 0.15) is 0 Å². The van der Waals surface area contributed by atoms with Crippen molar-refractivity contribution in [1.29, 1.82) is 0 Å². The van der Waals surface area contributed by atoms with Crippen molar-refractivity contribution in [2.24, 2.45) is 7.05 Å². The summed E-state index contributed by atoms with van der Waals surface area (Å²) in [4.78, 5) is 11.1. The predicted octanol–water partition coefficient (Wildman–Crippen LogP) is 0.723. The van der Waals surface area contributed by atoms with Gasteiger partial charge in [-0.1, -0.05) is 6.92 Å². The number of nitrogens with zero attached hydrogens (tertiary/aromatic N) is 2. The molecule has 17 heavy (non-hydrogen) atoms. The van der Waals surface area contributed by atoms with E-state index in [1.54, 1.807) is 0 Å². The molecule has 2 N–H and O–H groups in total. The minimum atomic E-state index is 0.126. The predicted molar refractivity (Wildman–Crippen MR) is 68.5 cm³/mol. The van der Waals surface area contributed by atoms with Crippen LogP contribution in [0.1, 0.15) is 24.7 Å². The number of carbonyl (C=O) groups excluding carboxylic acids is 1. The number of hydrogen-bond acceptors (Lipinski definition) is 3. The molecule has 5 nitrogen and oxygen atoms in total. The van der Waals surface area contributed by atoms with Gasteiger partial charge in [0.2, 0.25) is 5.91 Å². The van der Waals surface area contributed by atoms with Crippen molar-refractivity contribution in [2.45, 2.75) is 32.4 Å². The van der Waals surface area contributed by atoms with Crippen LogP contribution in [0.3, 0.4) is 0 Å². The van der Waals surface area contributed by atoms with Crippen LogP contribution in [-0.4, -0.2) is 28.3 Å². The van der Waals surface area contributed by atoms with E-state index in [9.17, 15) is 4.79 Å². The Hall–Kier alpha value is -0.880. The van der Waals surface area contributed by atoms with Crippen molar-refractivity contribution in [2.75, 3.05) is 6.54 Å². The van der Waals surface area contributed by atoms with Crippen molar-refractivity contribution in [3.05, 3.63) is 15.9 Å². The maximum absolute atomic E-state index is 11.1. The van der Waals surface area contributed by atoms with Crippen LogP contribution in [0.25, 0.3) is 0 Å². The lowest BCUT2D eigenvalue weighted by molar-refractivity contribution is -0.119. The minimum Gasteiger partial charge on any atom is -0.354 e. The van der Waals surface area contributed by atoms with Gasteiger partial charge in [-0.05, 0) is 22.4 Å². The van der Waals surface area contributed by atoms with Crippen LogP contribution in [0.4, 0.5) is 0 Å². The highest BCUT2D eigenvalue weighted by atomic mass is 79.9. The first kappa shape index (κ1) is 12.6. The Balaban J connectivity index is 1.99. The average Bonchev–Trinajstić information content (AvgIpc) is 2.82. The molecule has 0 aliphatic carbocycles. The molecule has 94 valence electrons. The Morgan fingerprint density at radius 3 is 2.94 bits per heavy atom. The van der Waals surface area contributed by atoms with E-state index < -0.39 is 0 Å². The zero-order valence-corrected chi connectivity index (χ0v) is 11.7. The van der Waals surface area contributed by atoms with E-state index in [2.05, 4.69) is 38.6 Å². The standard InChI is InChI=1S/C11H17BrN4O/c1-3-8-11(12)9(16(2)15-8)6-13-7-4-10(17)14-5-7/h7,13H,3-6H2,1-2H3,(H,14,17).